The molecule has 0 fully saturated rings. The van der Waals surface area contributed by atoms with Crippen LogP contribution < -0.4 is 0 Å². The van der Waals surface area contributed by atoms with Gasteiger partial charge in [0.1, 0.15) is 11.4 Å². The predicted octanol–water partition coefficient (Wildman–Crippen LogP) is 3.72. The Kier molecular flexibility index (Phi) is 4.03. The fourth-order valence-corrected chi connectivity index (χ4v) is 2.71. The van der Waals surface area contributed by atoms with Crippen molar-refractivity contribution in [3.8, 4) is 0 Å². The van der Waals surface area contributed by atoms with E-state index in [1.807, 2.05) is 26.8 Å². The summed E-state index contributed by atoms with van der Waals surface area (Å²) in [5.74, 6) is -0.241. The first-order valence-electron chi connectivity index (χ1n) is 6.21. The molecule has 0 radical (unpaired) electrons. The molecule has 1 aliphatic rings. The molecule has 1 aromatic rings. The standard InChI is InChI=1S/C14H17FINO2/c1-14(2,3)19-13(18)17-5-4-9-6-10(16)7-12(15)11(9)8-17/h6-7H,4-5,8H2,1-3H3. The van der Waals surface area contributed by atoms with Crippen molar-refractivity contribution in [3.63, 3.8) is 0 Å². The number of halogens is 2. The number of amides is 1. The molecule has 0 N–H and O–H groups in total. The van der Waals surface area contributed by atoms with Crippen molar-refractivity contribution >= 4 is 28.7 Å². The fourth-order valence-electron chi connectivity index (χ4n) is 2.06. The second-order valence-corrected chi connectivity index (χ2v) is 6.92. The molecule has 0 unspecified atom stereocenters. The maximum absolute atomic E-state index is 13.9. The Labute approximate surface area is 126 Å². The van der Waals surface area contributed by atoms with E-state index in [1.165, 1.54) is 6.07 Å². The summed E-state index contributed by atoms with van der Waals surface area (Å²) in [7, 11) is 0. The topological polar surface area (TPSA) is 29.5 Å². The molecule has 2 rings (SSSR count). The number of carbonyl (C=O) groups is 1. The Morgan fingerprint density at radius 1 is 1.42 bits per heavy atom. The molecule has 0 aliphatic carbocycles. The van der Waals surface area contributed by atoms with Gasteiger partial charge in [0.2, 0.25) is 0 Å². The number of benzene rings is 1. The van der Waals surface area contributed by atoms with Crippen molar-refractivity contribution in [1.82, 2.24) is 4.90 Å². The van der Waals surface area contributed by atoms with Gasteiger partial charge in [-0.1, -0.05) is 0 Å². The average molecular weight is 377 g/mol. The van der Waals surface area contributed by atoms with E-state index in [0.717, 1.165) is 9.13 Å². The first-order valence-corrected chi connectivity index (χ1v) is 7.29. The van der Waals surface area contributed by atoms with Gasteiger partial charge in [-0.15, -0.1) is 0 Å². The normalized spacial score (nSPS) is 15.1. The molecule has 0 spiro atoms. The highest BCUT2D eigenvalue weighted by Gasteiger charge is 2.27. The number of rotatable bonds is 0. The van der Waals surface area contributed by atoms with E-state index in [2.05, 4.69) is 22.6 Å². The molecule has 0 atom stereocenters. The van der Waals surface area contributed by atoms with Crippen molar-refractivity contribution in [2.24, 2.45) is 0 Å². The summed E-state index contributed by atoms with van der Waals surface area (Å²) in [6.07, 6.45) is 0.290. The van der Waals surface area contributed by atoms with Gasteiger partial charge in [0.15, 0.2) is 0 Å². The van der Waals surface area contributed by atoms with Crippen LogP contribution >= 0.6 is 22.6 Å². The number of fused-ring (bicyclic) bond motifs is 1. The van der Waals surface area contributed by atoms with Crippen LogP contribution in [-0.4, -0.2) is 23.1 Å². The zero-order valence-electron chi connectivity index (χ0n) is 11.3. The molecule has 0 bridgehead atoms. The van der Waals surface area contributed by atoms with Crippen molar-refractivity contribution < 1.29 is 13.9 Å². The van der Waals surface area contributed by atoms with Gasteiger partial charge in [-0.05, 0) is 67.5 Å². The molecule has 3 nitrogen and oxygen atoms in total. The minimum atomic E-state index is -0.526. The van der Waals surface area contributed by atoms with Gasteiger partial charge in [-0.3, -0.25) is 0 Å². The Bertz CT molecular complexity index is 511. The van der Waals surface area contributed by atoms with Gasteiger partial charge in [0.25, 0.3) is 0 Å². The molecule has 19 heavy (non-hydrogen) atoms. The van der Waals surface area contributed by atoms with Gasteiger partial charge < -0.3 is 9.64 Å². The summed E-state index contributed by atoms with van der Waals surface area (Å²) in [5, 5.41) is 0. The zero-order valence-corrected chi connectivity index (χ0v) is 13.5. The summed E-state index contributed by atoms with van der Waals surface area (Å²) in [6.45, 7) is 6.33. The summed E-state index contributed by atoms with van der Waals surface area (Å²) in [4.78, 5) is 13.5. The van der Waals surface area contributed by atoms with E-state index in [4.69, 9.17) is 4.74 Å². The smallest absolute Gasteiger partial charge is 0.410 e. The molecular formula is C14H17FINO2. The molecule has 1 aromatic carbocycles. The van der Waals surface area contributed by atoms with Crippen LogP contribution in [0.15, 0.2) is 12.1 Å². The third kappa shape index (κ3) is 3.58. The van der Waals surface area contributed by atoms with Crippen LogP contribution in [0.5, 0.6) is 0 Å². The quantitative estimate of drug-likeness (QED) is 0.645. The lowest BCUT2D eigenvalue weighted by molar-refractivity contribution is 0.0222. The number of ether oxygens (including phenoxy) is 1. The van der Waals surface area contributed by atoms with Crippen LogP contribution in [0.4, 0.5) is 9.18 Å². The predicted molar refractivity (Wildman–Crippen MR) is 79.5 cm³/mol. The van der Waals surface area contributed by atoms with Crippen LogP contribution in [0.25, 0.3) is 0 Å². The lowest BCUT2D eigenvalue weighted by Gasteiger charge is -2.31. The van der Waals surface area contributed by atoms with E-state index in [0.29, 0.717) is 18.5 Å². The molecule has 0 saturated heterocycles. The molecule has 1 aliphatic heterocycles. The molecule has 0 aromatic heterocycles. The fraction of sp³-hybridized carbons (Fsp3) is 0.500. The highest BCUT2D eigenvalue weighted by molar-refractivity contribution is 14.1. The highest BCUT2D eigenvalue weighted by atomic mass is 127. The molecule has 104 valence electrons. The second-order valence-electron chi connectivity index (χ2n) is 5.68. The Hall–Kier alpha value is -0.850. The monoisotopic (exact) mass is 377 g/mol. The van der Waals surface area contributed by atoms with Crippen molar-refractivity contribution in [3.05, 3.63) is 32.6 Å². The highest BCUT2D eigenvalue weighted by Crippen LogP contribution is 2.25. The van der Waals surface area contributed by atoms with Crippen LogP contribution in [0.1, 0.15) is 31.9 Å². The maximum atomic E-state index is 13.9. The summed E-state index contributed by atoms with van der Waals surface area (Å²) < 4.78 is 20.1. The minimum absolute atomic E-state index is 0.241. The summed E-state index contributed by atoms with van der Waals surface area (Å²) >= 11 is 2.10. The maximum Gasteiger partial charge on any atom is 0.410 e. The van der Waals surface area contributed by atoms with Gasteiger partial charge >= 0.3 is 6.09 Å². The van der Waals surface area contributed by atoms with E-state index in [-0.39, 0.29) is 18.5 Å². The van der Waals surface area contributed by atoms with Crippen LogP contribution in [0, 0.1) is 9.39 Å². The zero-order chi connectivity index (χ0) is 14.2. The molecule has 5 heteroatoms. The van der Waals surface area contributed by atoms with Crippen molar-refractivity contribution in [2.45, 2.75) is 39.3 Å². The molecule has 0 saturated carbocycles. The average Bonchev–Trinajstić information content (AvgIpc) is 2.25. The summed E-state index contributed by atoms with van der Waals surface area (Å²) in [6, 6.07) is 3.48. The van der Waals surface area contributed by atoms with Crippen LogP contribution in [0.3, 0.4) is 0 Å². The van der Waals surface area contributed by atoms with Crippen molar-refractivity contribution in [1.29, 1.82) is 0 Å². The van der Waals surface area contributed by atoms with Crippen LogP contribution in [-0.2, 0) is 17.7 Å². The number of carbonyl (C=O) groups excluding carboxylic acids is 1. The first-order chi connectivity index (χ1) is 8.76. The number of nitrogens with zero attached hydrogens (tertiary/aromatic N) is 1. The lowest BCUT2D eigenvalue weighted by Crippen LogP contribution is -2.40. The van der Waals surface area contributed by atoms with Gasteiger partial charge in [-0.25, -0.2) is 9.18 Å². The molecule has 1 amide bonds. The Morgan fingerprint density at radius 3 is 2.74 bits per heavy atom. The number of hydrogen-bond donors (Lipinski definition) is 0. The minimum Gasteiger partial charge on any atom is -0.444 e. The van der Waals surface area contributed by atoms with Gasteiger partial charge in [-0.2, -0.15) is 0 Å². The van der Waals surface area contributed by atoms with Crippen LogP contribution in [0.2, 0.25) is 0 Å². The molecular weight excluding hydrogens is 360 g/mol. The second kappa shape index (κ2) is 5.26. The Morgan fingerprint density at radius 2 is 2.11 bits per heavy atom. The van der Waals surface area contributed by atoms with E-state index in [1.54, 1.807) is 4.90 Å². The van der Waals surface area contributed by atoms with E-state index >= 15 is 0 Å². The van der Waals surface area contributed by atoms with Gasteiger partial charge in [0, 0.05) is 15.7 Å². The van der Waals surface area contributed by atoms with Gasteiger partial charge in [0.05, 0.1) is 6.54 Å². The summed E-state index contributed by atoms with van der Waals surface area (Å²) in [5.41, 5.74) is 1.07. The largest absolute Gasteiger partial charge is 0.444 e. The number of hydrogen-bond acceptors (Lipinski definition) is 2. The molecule has 1 heterocycles. The lowest BCUT2D eigenvalue weighted by atomic mass is 9.99. The SMILES string of the molecule is CC(C)(C)OC(=O)N1CCc2cc(I)cc(F)c2C1. The van der Waals surface area contributed by atoms with E-state index in [9.17, 15) is 9.18 Å². The van der Waals surface area contributed by atoms with Crippen molar-refractivity contribution in [2.75, 3.05) is 6.54 Å². The third-order valence-electron chi connectivity index (χ3n) is 2.90. The van der Waals surface area contributed by atoms with E-state index < -0.39 is 5.60 Å². The third-order valence-corrected chi connectivity index (χ3v) is 3.53. The first kappa shape index (κ1) is 14.6. The Balaban J connectivity index is 2.16.